The molecule has 1 aromatic rings. The van der Waals surface area contributed by atoms with E-state index in [0.717, 1.165) is 17.4 Å². The summed E-state index contributed by atoms with van der Waals surface area (Å²) in [5.74, 6) is 0.525. The lowest BCUT2D eigenvalue weighted by molar-refractivity contribution is -0.104. The van der Waals surface area contributed by atoms with Gasteiger partial charge in [0, 0.05) is 5.88 Å². The van der Waals surface area contributed by atoms with Gasteiger partial charge in [0.2, 0.25) is 0 Å². The first kappa shape index (κ1) is 9.01. The van der Waals surface area contributed by atoms with Crippen LogP contribution in [0, 0.1) is 0 Å². The minimum absolute atomic E-state index is 0.525. The van der Waals surface area contributed by atoms with Crippen molar-refractivity contribution in [3.05, 3.63) is 41.5 Å². The Morgan fingerprint density at radius 1 is 1.25 bits per heavy atom. The summed E-state index contributed by atoms with van der Waals surface area (Å²) in [6.45, 7) is 0. The van der Waals surface area contributed by atoms with Crippen LogP contribution in [0.15, 0.2) is 30.3 Å². The molecule has 62 valence electrons. The summed E-state index contributed by atoms with van der Waals surface area (Å²) in [6.07, 6.45) is 3.98. The van der Waals surface area contributed by atoms with E-state index in [1.165, 1.54) is 6.08 Å². The molecule has 0 aromatic heterocycles. The third kappa shape index (κ3) is 2.51. The van der Waals surface area contributed by atoms with Crippen LogP contribution in [0.3, 0.4) is 0 Å². The predicted molar refractivity (Wildman–Crippen MR) is 51.1 cm³/mol. The maximum Gasteiger partial charge on any atom is 0.142 e. The van der Waals surface area contributed by atoms with E-state index in [-0.39, 0.29) is 0 Å². The summed E-state index contributed by atoms with van der Waals surface area (Å²) >= 11 is 5.61. The van der Waals surface area contributed by atoms with Crippen molar-refractivity contribution in [3.8, 4) is 0 Å². The van der Waals surface area contributed by atoms with Gasteiger partial charge in [-0.05, 0) is 17.2 Å². The Balaban J connectivity index is 2.77. The number of hydrogen-bond acceptors (Lipinski definition) is 1. The zero-order valence-corrected chi connectivity index (χ0v) is 7.29. The molecule has 0 fully saturated rings. The Kier molecular flexibility index (Phi) is 3.55. The molecule has 0 aliphatic rings. The maximum atomic E-state index is 9.99. The van der Waals surface area contributed by atoms with Crippen LogP contribution < -0.4 is 0 Å². The number of aldehydes is 1. The summed E-state index contributed by atoms with van der Waals surface area (Å²) in [4.78, 5) is 9.99. The molecular weight excluding hydrogens is 172 g/mol. The molecule has 0 saturated heterocycles. The first-order valence-corrected chi connectivity index (χ1v) is 4.17. The molecule has 0 aliphatic heterocycles. The van der Waals surface area contributed by atoms with Gasteiger partial charge in [-0.2, -0.15) is 0 Å². The summed E-state index contributed by atoms with van der Waals surface area (Å²) in [5.41, 5.74) is 2.09. The Morgan fingerprint density at radius 2 is 1.92 bits per heavy atom. The molecule has 1 nitrogen and oxygen atoms in total. The maximum absolute atomic E-state index is 9.99. The van der Waals surface area contributed by atoms with Crippen LogP contribution >= 0.6 is 11.6 Å². The molecule has 0 atom stereocenters. The summed E-state index contributed by atoms with van der Waals surface area (Å²) in [5, 5.41) is 0. The van der Waals surface area contributed by atoms with Crippen molar-refractivity contribution in [2.45, 2.75) is 5.88 Å². The smallest absolute Gasteiger partial charge is 0.142 e. The highest BCUT2D eigenvalue weighted by Crippen LogP contribution is 2.07. The number of halogens is 1. The van der Waals surface area contributed by atoms with Gasteiger partial charge >= 0.3 is 0 Å². The Labute approximate surface area is 76.7 Å². The van der Waals surface area contributed by atoms with Crippen LogP contribution in [-0.4, -0.2) is 6.29 Å². The fourth-order valence-corrected chi connectivity index (χ4v) is 1.05. The van der Waals surface area contributed by atoms with Crippen molar-refractivity contribution >= 4 is 24.0 Å². The molecule has 12 heavy (non-hydrogen) atoms. The highest BCUT2D eigenvalue weighted by atomic mass is 35.5. The van der Waals surface area contributed by atoms with Gasteiger partial charge in [0.25, 0.3) is 0 Å². The minimum atomic E-state index is 0.525. The van der Waals surface area contributed by atoms with E-state index in [1.54, 1.807) is 6.08 Å². The standard InChI is InChI=1S/C10H9ClO/c11-8-10-5-3-9(4-6-10)2-1-7-12/h1-7H,8H2. The Morgan fingerprint density at radius 3 is 2.42 bits per heavy atom. The van der Waals surface area contributed by atoms with Crippen LogP contribution in [0.1, 0.15) is 11.1 Å². The van der Waals surface area contributed by atoms with Crippen molar-refractivity contribution in [2.24, 2.45) is 0 Å². The molecular formula is C10H9ClO. The topological polar surface area (TPSA) is 17.1 Å². The predicted octanol–water partition coefficient (Wildman–Crippen LogP) is 2.64. The molecule has 0 aliphatic carbocycles. The van der Waals surface area contributed by atoms with Crippen LogP contribution in [0.2, 0.25) is 0 Å². The van der Waals surface area contributed by atoms with E-state index in [2.05, 4.69) is 0 Å². The van der Waals surface area contributed by atoms with Crippen LogP contribution in [0.5, 0.6) is 0 Å². The largest absolute Gasteiger partial charge is 0.299 e. The number of carbonyl (C=O) groups excluding carboxylic acids is 1. The van der Waals surface area contributed by atoms with Crippen molar-refractivity contribution in [1.82, 2.24) is 0 Å². The van der Waals surface area contributed by atoms with Gasteiger partial charge in [-0.3, -0.25) is 4.79 Å². The van der Waals surface area contributed by atoms with E-state index in [1.807, 2.05) is 24.3 Å². The summed E-state index contributed by atoms with van der Waals surface area (Å²) in [6, 6.07) is 7.74. The second-order valence-corrected chi connectivity index (χ2v) is 2.64. The average Bonchev–Trinajstić information content (AvgIpc) is 2.15. The van der Waals surface area contributed by atoms with E-state index in [4.69, 9.17) is 11.6 Å². The number of alkyl halides is 1. The second kappa shape index (κ2) is 4.73. The SMILES string of the molecule is O=CC=Cc1ccc(CCl)cc1. The highest BCUT2D eigenvalue weighted by Gasteiger charge is 1.88. The van der Waals surface area contributed by atoms with Crippen molar-refractivity contribution in [3.63, 3.8) is 0 Å². The van der Waals surface area contributed by atoms with E-state index >= 15 is 0 Å². The molecule has 0 spiro atoms. The Bertz CT molecular complexity index is 274. The van der Waals surface area contributed by atoms with Gasteiger partial charge in [0.1, 0.15) is 6.29 Å². The average molecular weight is 181 g/mol. The summed E-state index contributed by atoms with van der Waals surface area (Å²) < 4.78 is 0. The molecule has 1 rings (SSSR count). The Hall–Kier alpha value is -1.08. The summed E-state index contributed by atoms with van der Waals surface area (Å²) in [7, 11) is 0. The fraction of sp³-hybridized carbons (Fsp3) is 0.100. The van der Waals surface area contributed by atoms with Gasteiger partial charge in [-0.25, -0.2) is 0 Å². The van der Waals surface area contributed by atoms with Crippen LogP contribution in [-0.2, 0) is 10.7 Å². The monoisotopic (exact) mass is 180 g/mol. The quantitative estimate of drug-likeness (QED) is 0.397. The van der Waals surface area contributed by atoms with Crippen molar-refractivity contribution in [2.75, 3.05) is 0 Å². The zero-order chi connectivity index (χ0) is 8.81. The van der Waals surface area contributed by atoms with Crippen molar-refractivity contribution in [1.29, 1.82) is 0 Å². The highest BCUT2D eigenvalue weighted by molar-refractivity contribution is 6.17. The molecule has 0 unspecified atom stereocenters. The second-order valence-electron chi connectivity index (χ2n) is 2.37. The van der Waals surface area contributed by atoms with Gasteiger partial charge in [-0.15, -0.1) is 11.6 Å². The van der Waals surface area contributed by atoms with Gasteiger partial charge in [0.05, 0.1) is 0 Å². The minimum Gasteiger partial charge on any atom is -0.299 e. The zero-order valence-electron chi connectivity index (χ0n) is 6.53. The molecule has 1 aromatic carbocycles. The van der Waals surface area contributed by atoms with Crippen molar-refractivity contribution < 1.29 is 4.79 Å². The van der Waals surface area contributed by atoms with Gasteiger partial charge in [-0.1, -0.05) is 30.3 Å². The first-order valence-electron chi connectivity index (χ1n) is 3.63. The first-order chi connectivity index (χ1) is 5.86. The van der Waals surface area contributed by atoms with Crippen LogP contribution in [0.4, 0.5) is 0 Å². The number of benzene rings is 1. The van der Waals surface area contributed by atoms with E-state index in [9.17, 15) is 4.79 Å². The molecule has 0 amide bonds. The van der Waals surface area contributed by atoms with E-state index < -0.39 is 0 Å². The number of carbonyl (C=O) groups is 1. The normalized spacial score (nSPS) is 10.4. The number of hydrogen-bond donors (Lipinski definition) is 0. The van der Waals surface area contributed by atoms with E-state index in [0.29, 0.717) is 5.88 Å². The number of allylic oxidation sites excluding steroid dienone is 1. The fourth-order valence-electron chi connectivity index (χ4n) is 0.868. The molecule has 2 heteroatoms. The molecule has 0 bridgehead atoms. The number of rotatable bonds is 3. The van der Waals surface area contributed by atoms with Gasteiger partial charge < -0.3 is 0 Å². The lowest BCUT2D eigenvalue weighted by Crippen LogP contribution is -1.77. The van der Waals surface area contributed by atoms with Gasteiger partial charge in [0.15, 0.2) is 0 Å². The van der Waals surface area contributed by atoms with Crippen LogP contribution in [0.25, 0.3) is 6.08 Å². The third-order valence-corrected chi connectivity index (χ3v) is 1.81. The lowest BCUT2D eigenvalue weighted by atomic mass is 10.1. The third-order valence-electron chi connectivity index (χ3n) is 1.50. The molecule has 0 N–H and O–H groups in total. The lowest BCUT2D eigenvalue weighted by Gasteiger charge is -1.94. The molecule has 0 saturated carbocycles. The molecule has 0 heterocycles. The molecule has 0 radical (unpaired) electrons.